The van der Waals surface area contributed by atoms with Crippen molar-refractivity contribution >= 4 is 40.8 Å². The van der Waals surface area contributed by atoms with E-state index in [4.69, 9.17) is 27.9 Å². The van der Waals surface area contributed by atoms with Crippen molar-refractivity contribution < 1.29 is 18.7 Å². The van der Waals surface area contributed by atoms with Crippen LogP contribution in [-0.4, -0.2) is 23.5 Å². The summed E-state index contributed by atoms with van der Waals surface area (Å²) in [6.07, 6.45) is 1.35. The second kappa shape index (κ2) is 7.20. The smallest absolute Gasteiger partial charge is 0.357 e. The maximum Gasteiger partial charge on any atom is 0.357 e. The van der Waals surface area contributed by atoms with Gasteiger partial charge in [-0.15, -0.1) is 0 Å². The van der Waals surface area contributed by atoms with E-state index >= 15 is 0 Å². The number of benzene rings is 1. The maximum atomic E-state index is 13.0. The molecule has 1 aromatic carbocycles. The number of aromatic nitrogens is 1. The van der Waals surface area contributed by atoms with Gasteiger partial charge in [0.05, 0.1) is 5.02 Å². The number of hydrogen-bond acceptors (Lipinski definition) is 4. The van der Waals surface area contributed by atoms with Crippen LogP contribution >= 0.6 is 23.2 Å². The first-order chi connectivity index (χ1) is 10.5. The molecule has 0 unspecified atom stereocenters. The number of nitrogens with one attached hydrogen (secondary N) is 1. The fraction of sp³-hybridized carbons (Fsp3) is 0.0714. The van der Waals surface area contributed by atoms with Crippen LogP contribution in [0.4, 0.5) is 10.1 Å². The van der Waals surface area contributed by atoms with Crippen LogP contribution < -0.4 is 5.32 Å². The van der Waals surface area contributed by atoms with E-state index in [-0.39, 0.29) is 16.4 Å². The Morgan fingerprint density at radius 2 is 2.00 bits per heavy atom. The number of hydrogen-bond donors (Lipinski definition) is 1. The molecule has 0 atom stereocenters. The zero-order valence-corrected chi connectivity index (χ0v) is 12.5. The second-order valence-corrected chi connectivity index (χ2v) is 4.96. The van der Waals surface area contributed by atoms with Gasteiger partial charge in [-0.3, -0.25) is 4.79 Å². The van der Waals surface area contributed by atoms with Crippen molar-refractivity contribution in [3.63, 3.8) is 0 Å². The lowest BCUT2D eigenvalue weighted by Gasteiger charge is -2.07. The van der Waals surface area contributed by atoms with Crippen LogP contribution in [0, 0.1) is 5.82 Å². The van der Waals surface area contributed by atoms with Gasteiger partial charge in [0.2, 0.25) is 0 Å². The molecule has 22 heavy (non-hydrogen) atoms. The summed E-state index contributed by atoms with van der Waals surface area (Å²) >= 11 is 11.3. The average molecular weight is 343 g/mol. The molecular weight excluding hydrogens is 334 g/mol. The molecule has 1 aromatic heterocycles. The molecular formula is C14H9Cl2FN2O3. The summed E-state index contributed by atoms with van der Waals surface area (Å²) in [6, 6.07) is 6.51. The molecule has 0 radical (unpaired) electrons. The largest absolute Gasteiger partial charge is 0.451 e. The average Bonchev–Trinajstić information content (AvgIpc) is 2.48. The molecule has 114 valence electrons. The highest BCUT2D eigenvalue weighted by atomic mass is 35.5. The van der Waals surface area contributed by atoms with Crippen molar-refractivity contribution in [3.8, 4) is 0 Å². The van der Waals surface area contributed by atoms with E-state index < -0.39 is 24.3 Å². The number of rotatable bonds is 4. The normalized spacial score (nSPS) is 10.1. The van der Waals surface area contributed by atoms with Gasteiger partial charge in [0.1, 0.15) is 11.5 Å². The molecule has 1 heterocycles. The molecule has 2 rings (SSSR count). The minimum absolute atomic E-state index is 0.00914. The quantitative estimate of drug-likeness (QED) is 0.865. The highest BCUT2D eigenvalue weighted by Gasteiger charge is 2.12. The van der Waals surface area contributed by atoms with E-state index in [1.54, 1.807) is 0 Å². The van der Waals surface area contributed by atoms with Crippen molar-refractivity contribution in [1.29, 1.82) is 0 Å². The van der Waals surface area contributed by atoms with Gasteiger partial charge in [-0.05, 0) is 30.3 Å². The van der Waals surface area contributed by atoms with Crippen LogP contribution in [0.15, 0.2) is 36.5 Å². The first-order valence-electron chi connectivity index (χ1n) is 5.99. The molecule has 0 bridgehead atoms. The molecule has 0 saturated carbocycles. The van der Waals surface area contributed by atoms with Gasteiger partial charge in [-0.1, -0.05) is 23.2 Å². The highest BCUT2D eigenvalue weighted by molar-refractivity contribution is 6.31. The Labute approximate surface area is 135 Å². The summed E-state index contributed by atoms with van der Waals surface area (Å²) in [7, 11) is 0. The number of ether oxygens (including phenoxy) is 1. The van der Waals surface area contributed by atoms with Crippen LogP contribution in [0.3, 0.4) is 0 Å². The second-order valence-electron chi connectivity index (χ2n) is 4.11. The van der Waals surface area contributed by atoms with Gasteiger partial charge in [0, 0.05) is 16.9 Å². The molecule has 1 amide bonds. The Morgan fingerprint density at radius 3 is 2.68 bits per heavy atom. The number of carbonyl (C=O) groups is 2. The first kappa shape index (κ1) is 16.2. The Bertz CT molecular complexity index is 725. The first-order valence-corrected chi connectivity index (χ1v) is 6.75. The number of halogens is 3. The number of nitrogens with zero attached hydrogens (tertiary/aromatic N) is 1. The predicted molar refractivity (Wildman–Crippen MR) is 79.6 cm³/mol. The van der Waals surface area contributed by atoms with E-state index in [1.165, 1.54) is 30.5 Å². The zero-order chi connectivity index (χ0) is 16.1. The minimum Gasteiger partial charge on any atom is -0.451 e. The van der Waals surface area contributed by atoms with Crippen molar-refractivity contribution in [2.45, 2.75) is 0 Å². The topological polar surface area (TPSA) is 68.3 Å². The lowest BCUT2D eigenvalue weighted by Crippen LogP contribution is -2.21. The number of amides is 1. The fourth-order valence-corrected chi connectivity index (χ4v) is 1.83. The predicted octanol–water partition coefficient (Wildman–Crippen LogP) is 3.32. The van der Waals surface area contributed by atoms with E-state index in [0.717, 1.165) is 6.07 Å². The van der Waals surface area contributed by atoms with E-state index in [9.17, 15) is 14.0 Å². The Hall–Kier alpha value is -2.18. The van der Waals surface area contributed by atoms with Crippen LogP contribution in [-0.2, 0) is 9.53 Å². The lowest BCUT2D eigenvalue weighted by atomic mass is 10.3. The third kappa shape index (κ3) is 4.41. The third-order valence-electron chi connectivity index (χ3n) is 2.47. The molecule has 0 aliphatic rings. The number of anilines is 1. The van der Waals surface area contributed by atoms with Crippen molar-refractivity contribution in [3.05, 3.63) is 58.1 Å². The standard InChI is InChI=1S/C14H9Cl2FN2O3/c15-8-3-4-18-12(5-8)14(21)22-7-13(20)19-9-1-2-11(17)10(16)6-9/h1-6H,7H2,(H,19,20). The van der Waals surface area contributed by atoms with Crippen molar-refractivity contribution in [2.24, 2.45) is 0 Å². The summed E-state index contributed by atoms with van der Waals surface area (Å²) < 4.78 is 17.8. The highest BCUT2D eigenvalue weighted by Crippen LogP contribution is 2.19. The van der Waals surface area contributed by atoms with Gasteiger partial charge in [-0.2, -0.15) is 0 Å². The van der Waals surface area contributed by atoms with Gasteiger partial charge in [0.15, 0.2) is 6.61 Å². The molecule has 0 saturated heterocycles. The number of carbonyl (C=O) groups excluding carboxylic acids is 2. The SMILES string of the molecule is O=C(COC(=O)c1cc(Cl)ccn1)Nc1ccc(F)c(Cl)c1. The zero-order valence-electron chi connectivity index (χ0n) is 11.0. The summed E-state index contributed by atoms with van der Waals surface area (Å²) in [5.41, 5.74) is 0.276. The van der Waals surface area contributed by atoms with Crippen molar-refractivity contribution in [1.82, 2.24) is 4.98 Å². The maximum absolute atomic E-state index is 13.0. The van der Waals surface area contributed by atoms with E-state index in [1.807, 2.05) is 0 Å². The van der Waals surface area contributed by atoms with Gasteiger partial charge in [0.25, 0.3) is 5.91 Å². The molecule has 1 N–H and O–H groups in total. The molecule has 8 heteroatoms. The van der Waals surface area contributed by atoms with Gasteiger partial charge >= 0.3 is 5.97 Å². The van der Waals surface area contributed by atoms with Crippen LogP contribution in [0.2, 0.25) is 10.0 Å². The Kier molecular flexibility index (Phi) is 5.30. The molecule has 0 aliphatic carbocycles. The summed E-state index contributed by atoms with van der Waals surface area (Å²) in [6.45, 7) is -0.526. The molecule has 2 aromatic rings. The third-order valence-corrected chi connectivity index (χ3v) is 2.99. The van der Waals surface area contributed by atoms with Gasteiger partial charge in [-0.25, -0.2) is 14.2 Å². The summed E-state index contributed by atoms with van der Waals surface area (Å²) in [5, 5.41) is 2.61. The monoisotopic (exact) mass is 342 g/mol. The van der Waals surface area contributed by atoms with E-state index in [2.05, 4.69) is 10.3 Å². The Balaban J connectivity index is 1.90. The van der Waals surface area contributed by atoms with Gasteiger partial charge < -0.3 is 10.1 Å². The Morgan fingerprint density at radius 1 is 1.23 bits per heavy atom. The molecule has 0 fully saturated rings. The fourth-order valence-electron chi connectivity index (χ4n) is 1.49. The lowest BCUT2D eigenvalue weighted by molar-refractivity contribution is -0.119. The minimum atomic E-state index is -0.783. The van der Waals surface area contributed by atoms with Crippen LogP contribution in [0.1, 0.15) is 10.5 Å². The molecule has 0 aliphatic heterocycles. The number of esters is 1. The molecule has 0 spiro atoms. The van der Waals surface area contributed by atoms with E-state index in [0.29, 0.717) is 5.02 Å². The summed E-state index contributed by atoms with van der Waals surface area (Å²) in [4.78, 5) is 27.1. The summed E-state index contributed by atoms with van der Waals surface area (Å²) in [5.74, 6) is -1.98. The number of pyridine rings is 1. The van der Waals surface area contributed by atoms with Crippen molar-refractivity contribution in [2.75, 3.05) is 11.9 Å². The van der Waals surface area contributed by atoms with Crippen LogP contribution in [0.5, 0.6) is 0 Å². The molecule has 5 nitrogen and oxygen atoms in total. The van der Waals surface area contributed by atoms with Crippen LogP contribution in [0.25, 0.3) is 0 Å².